The molecule has 0 amide bonds. The van der Waals surface area contributed by atoms with Crippen LogP contribution in [0.1, 0.15) is 62.5 Å². The van der Waals surface area contributed by atoms with Crippen LogP contribution in [-0.2, 0) is 22.7 Å². The molecule has 0 aliphatic heterocycles. The normalized spacial score (nSPS) is 21.6. The second-order valence-electron chi connectivity index (χ2n) is 10.2. The van der Waals surface area contributed by atoms with Gasteiger partial charge in [0.25, 0.3) is 5.09 Å². The lowest BCUT2D eigenvalue weighted by Crippen LogP contribution is -2.23. The van der Waals surface area contributed by atoms with Gasteiger partial charge in [0.1, 0.15) is 12.4 Å². The quantitative estimate of drug-likeness (QED) is 0.0702. The average molecular weight is 542 g/mol. The number of hydrogen-bond acceptors (Lipinski definition) is 8. The first-order valence-corrected chi connectivity index (χ1v) is 13.6. The van der Waals surface area contributed by atoms with Gasteiger partial charge in [0.15, 0.2) is 0 Å². The fraction of sp³-hybridized carbons (Fsp3) is 0.500. The van der Waals surface area contributed by atoms with E-state index in [0.717, 1.165) is 6.42 Å². The molecule has 0 spiro atoms. The summed E-state index contributed by atoms with van der Waals surface area (Å²) in [6.45, 7) is -0.165. The number of benzene rings is 2. The van der Waals surface area contributed by atoms with Crippen LogP contribution in [0.25, 0.3) is 0 Å². The van der Waals surface area contributed by atoms with E-state index in [2.05, 4.69) is 17.0 Å². The lowest BCUT2D eigenvalue weighted by molar-refractivity contribution is -0.763. The van der Waals surface area contributed by atoms with Gasteiger partial charge in [-0.2, -0.15) is 0 Å². The number of rotatable bonds is 16. The van der Waals surface area contributed by atoms with Gasteiger partial charge in [-0.3, -0.25) is 4.79 Å². The number of allylic oxidation sites excluding steroid dienone is 2. The van der Waals surface area contributed by atoms with Crippen molar-refractivity contribution in [1.29, 1.82) is 0 Å². The van der Waals surface area contributed by atoms with Crippen LogP contribution in [0.2, 0.25) is 0 Å². The van der Waals surface area contributed by atoms with Gasteiger partial charge in [-0.15, -0.1) is 10.1 Å². The summed E-state index contributed by atoms with van der Waals surface area (Å²) >= 11 is 0. The minimum Gasteiger partial charge on any atom is -0.427 e. The molecule has 0 heterocycles. The van der Waals surface area contributed by atoms with Crippen molar-refractivity contribution in [3.63, 3.8) is 0 Å². The average Bonchev–Trinajstić information content (AvgIpc) is 3.19. The van der Waals surface area contributed by atoms with E-state index in [1.54, 1.807) is 24.3 Å². The third-order valence-electron chi connectivity index (χ3n) is 7.28. The summed E-state index contributed by atoms with van der Waals surface area (Å²) in [7, 11) is 0. The smallest absolute Gasteiger partial charge is 0.311 e. The number of nitrogens with zero attached hydrogens (tertiary/aromatic N) is 1. The van der Waals surface area contributed by atoms with Crippen LogP contribution in [0.5, 0.6) is 5.75 Å². The Bertz CT molecular complexity index is 1040. The molecule has 0 radical (unpaired) electrons. The molecule has 0 unspecified atom stereocenters. The van der Waals surface area contributed by atoms with Gasteiger partial charge < -0.3 is 24.9 Å². The first kappa shape index (κ1) is 30.3. The molecule has 212 valence electrons. The standard InChI is InChI=1S/C30H39NO8/c32-24(15-12-22-8-4-3-5-9-22)16-19-27-26(28(33)20-29(27)34)10-6-1-2-7-11-30(35)39-25-17-13-23(14-18-25)21-38-31(36)37/h1,3-6,8-9,13-14,17-18,24,26-29,32-34H,2,7,10-12,15-16,19-21H2/t24-,26+,27+,28-,29+/m0/s1. The van der Waals surface area contributed by atoms with Crippen LogP contribution < -0.4 is 4.74 Å². The zero-order chi connectivity index (χ0) is 28.0. The fourth-order valence-electron chi connectivity index (χ4n) is 5.11. The number of unbranched alkanes of at least 4 members (excludes halogenated alkanes) is 1. The third-order valence-corrected chi connectivity index (χ3v) is 7.28. The maximum Gasteiger partial charge on any atom is 0.311 e. The number of aliphatic hydroxyl groups is 3. The number of ether oxygens (including phenoxy) is 1. The summed E-state index contributed by atoms with van der Waals surface area (Å²) in [5.74, 6) is -0.104. The minimum absolute atomic E-state index is 0.0523. The van der Waals surface area contributed by atoms with Crippen molar-refractivity contribution in [1.82, 2.24) is 0 Å². The maximum atomic E-state index is 12.1. The summed E-state index contributed by atoms with van der Waals surface area (Å²) in [4.78, 5) is 26.6. The Labute approximate surface area is 229 Å². The Morgan fingerprint density at radius 3 is 2.44 bits per heavy atom. The van der Waals surface area contributed by atoms with Gasteiger partial charge in [0.2, 0.25) is 0 Å². The molecule has 0 bridgehead atoms. The molecular formula is C30H39NO8. The summed E-state index contributed by atoms with van der Waals surface area (Å²) in [5.41, 5.74) is 1.79. The van der Waals surface area contributed by atoms with Crippen molar-refractivity contribution in [3.8, 4) is 5.75 Å². The molecule has 0 aromatic heterocycles. The maximum absolute atomic E-state index is 12.1. The Morgan fingerprint density at radius 2 is 1.72 bits per heavy atom. The van der Waals surface area contributed by atoms with Crippen molar-refractivity contribution in [3.05, 3.63) is 88.0 Å². The molecule has 2 aromatic rings. The van der Waals surface area contributed by atoms with Gasteiger partial charge >= 0.3 is 5.97 Å². The van der Waals surface area contributed by atoms with E-state index in [4.69, 9.17) is 4.74 Å². The number of esters is 1. The Kier molecular flexibility index (Phi) is 12.4. The molecular weight excluding hydrogens is 502 g/mol. The molecule has 9 nitrogen and oxygen atoms in total. The summed E-state index contributed by atoms with van der Waals surface area (Å²) in [6, 6.07) is 16.4. The SMILES string of the molecule is O=C(CCCC=CC[C@@H]1[C@@H](CC[C@@H](O)CCc2ccccc2)[C@H](O)C[C@@H]1O)Oc1ccc(CO[N+](=O)[O-])cc1. The Balaban J connectivity index is 1.33. The highest BCUT2D eigenvalue weighted by atomic mass is 16.9. The minimum atomic E-state index is -0.861. The van der Waals surface area contributed by atoms with Gasteiger partial charge in [-0.1, -0.05) is 54.6 Å². The fourth-order valence-corrected chi connectivity index (χ4v) is 5.11. The lowest BCUT2D eigenvalue weighted by atomic mass is 9.85. The van der Waals surface area contributed by atoms with Crippen molar-refractivity contribution in [2.24, 2.45) is 11.8 Å². The van der Waals surface area contributed by atoms with Crippen LogP contribution in [-0.4, -0.2) is 44.7 Å². The van der Waals surface area contributed by atoms with Gasteiger partial charge in [0.05, 0.1) is 18.3 Å². The highest BCUT2D eigenvalue weighted by Crippen LogP contribution is 2.38. The number of hydrogen-bond donors (Lipinski definition) is 3. The molecule has 0 saturated heterocycles. The van der Waals surface area contributed by atoms with Crippen LogP contribution in [0.3, 0.4) is 0 Å². The number of aryl methyl sites for hydroxylation is 1. The van der Waals surface area contributed by atoms with E-state index in [0.29, 0.717) is 56.3 Å². The molecule has 2 aromatic carbocycles. The van der Waals surface area contributed by atoms with Crippen LogP contribution in [0.15, 0.2) is 66.7 Å². The molecule has 1 saturated carbocycles. The van der Waals surface area contributed by atoms with E-state index in [1.807, 2.05) is 30.4 Å². The molecule has 5 atom stereocenters. The Hall–Kier alpha value is -3.27. The molecule has 3 rings (SSSR count). The summed E-state index contributed by atoms with van der Waals surface area (Å²) in [6.07, 6.45) is 7.70. The molecule has 1 aliphatic rings. The second-order valence-corrected chi connectivity index (χ2v) is 10.2. The van der Waals surface area contributed by atoms with E-state index in [9.17, 15) is 30.2 Å². The Morgan fingerprint density at radius 1 is 1.00 bits per heavy atom. The largest absolute Gasteiger partial charge is 0.427 e. The van der Waals surface area contributed by atoms with Crippen molar-refractivity contribution in [2.75, 3.05) is 0 Å². The van der Waals surface area contributed by atoms with E-state index < -0.39 is 23.4 Å². The predicted octanol–water partition coefficient (Wildman–Crippen LogP) is 4.55. The van der Waals surface area contributed by atoms with Crippen molar-refractivity contribution in [2.45, 2.75) is 82.7 Å². The van der Waals surface area contributed by atoms with Crippen LogP contribution in [0.4, 0.5) is 0 Å². The first-order chi connectivity index (χ1) is 18.8. The van der Waals surface area contributed by atoms with Crippen molar-refractivity contribution < 1.29 is 34.8 Å². The lowest BCUT2D eigenvalue weighted by Gasteiger charge is -2.23. The summed E-state index contributed by atoms with van der Waals surface area (Å²) < 4.78 is 5.29. The van der Waals surface area contributed by atoms with E-state index >= 15 is 0 Å². The van der Waals surface area contributed by atoms with Gasteiger partial charge in [-0.05, 0) is 86.5 Å². The second kappa shape index (κ2) is 16.0. The predicted molar refractivity (Wildman–Crippen MR) is 145 cm³/mol. The third kappa shape index (κ3) is 10.8. The number of aliphatic hydroxyl groups excluding tert-OH is 3. The van der Waals surface area contributed by atoms with E-state index in [1.165, 1.54) is 5.56 Å². The summed E-state index contributed by atoms with van der Waals surface area (Å²) in [5, 5.41) is 40.8. The van der Waals surface area contributed by atoms with E-state index in [-0.39, 0.29) is 30.8 Å². The molecule has 1 fully saturated rings. The zero-order valence-corrected chi connectivity index (χ0v) is 22.1. The molecule has 3 N–H and O–H groups in total. The van der Waals surface area contributed by atoms with Gasteiger partial charge in [0, 0.05) is 6.42 Å². The number of carbonyl (C=O) groups is 1. The highest BCUT2D eigenvalue weighted by Gasteiger charge is 2.40. The number of carbonyl (C=O) groups excluding carboxylic acids is 1. The van der Waals surface area contributed by atoms with Crippen LogP contribution >= 0.6 is 0 Å². The molecule has 9 heteroatoms. The molecule has 39 heavy (non-hydrogen) atoms. The highest BCUT2D eigenvalue weighted by molar-refractivity contribution is 5.72. The molecule has 1 aliphatic carbocycles. The monoisotopic (exact) mass is 541 g/mol. The topological polar surface area (TPSA) is 139 Å². The zero-order valence-electron chi connectivity index (χ0n) is 22.1. The van der Waals surface area contributed by atoms with Crippen molar-refractivity contribution >= 4 is 5.97 Å². The van der Waals surface area contributed by atoms with Crippen LogP contribution in [0, 0.1) is 22.0 Å². The first-order valence-electron chi connectivity index (χ1n) is 13.6. The van der Waals surface area contributed by atoms with Gasteiger partial charge in [-0.25, -0.2) is 0 Å².